The summed E-state index contributed by atoms with van der Waals surface area (Å²) in [5.41, 5.74) is 0.859. The van der Waals surface area contributed by atoms with Crippen molar-refractivity contribution in [3.05, 3.63) is 29.8 Å². The molecular formula is C12H20NO2S+. The van der Waals surface area contributed by atoms with E-state index in [0.717, 1.165) is 10.5 Å². The van der Waals surface area contributed by atoms with Gasteiger partial charge in [-0.15, -0.1) is 11.8 Å². The van der Waals surface area contributed by atoms with Crippen molar-refractivity contribution in [2.75, 3.05) is 27.0 Å². The fourth-order valence-corrected chi connectivity index (χ4v) is 2.04. The van der Waals surface area contributed by atoms with Crippen LogP contribution in [0, 0.1) is 0 Å². The molecule has 3 nitrogen and oxygen atoms in total. The Morgan fingerprint density at radius 3 is 2.19 bits per heavy atom. The largest absolute Gasteiger partial charge is 0.390 e. The molecule has 2 atom stereocenters. The van der Waals surface area contributed by atoms with Crippen LogP contribution < -0.4 is 4.90 Å². The van der Waals surface area contributed by atoms with Crippen molar-refractivity contribution in [2.45, 2.75) is 17.0 Å². The van der Waals surface area contributed by atoms with Crippen molar-refractivity contribution in [2.24, 2.45) is 0 Å². The zero-order valence-corrected chi connectivity index (χ0v) is 10.8. The summed E-state index contributed by atoms with van der Waals surface area (Å²) in [6.45, 7) is -0.0201. The summed E-state index contributed by atoms with van der Waals surface area (Å²) in [6, 6.07) is 7.63. The maximum atomic E-state index is 10.1. The number of nitrogens with one attached hydrogen (secondary N) is 1. The van der Waals surface area contributed by atoms with Crippen molar-refractivity contribution < 1.29 is 15.1 Å². The Morgan fingerprint density at radius 1 is 1.25 bits per heavy atom. The lowest BCUT2D eigenvalue weighted by Gasteiger charge is -2.24. The van der Waals surface area contributed by atoms with Gasteiger partial charge in [0.05, 0.1) is 20.7 Å². The van der Waals surface area contributed by atoms with Crippen LogP contribution in [0.2, 0.25) is 0 Å². The monoisotopic (exact) mass is 242 g/mol. The van der Waals surface area contributed by atoms with Gasteiger partial charge in [-0.05, 0) is 24.0 Å². The predicted molar refractivity (Wildman–Crippen MR) is 66.9 cm³/mol. The third kappa shape index (κ3) is 3.22. The minimum absolute atomic E-state index is 0.0201. The van der Waals surface area contributed by atoms with Crippen LogP contribution in [0.25, 0.3) is 0 Å². The minimum Gasteiger partial charge on any atom is -0.390 e. The van der Waals surface area contributed by atoms with Gasteiger partial charge in [0, 0.05) is 4.90 Å². The van der Waals surface area contributed by atoms with E-state index in [0.29, 0.717) is 0 Å². The summed E-state index contributed by atoms with van der Waals surface area (Å²) >= 11 is 1.67. The Bertz CT molecular complexity index is 313. The first-order chi connectivity index (χ1) is 7.60. The molecule has 0 aliphatic heterocycles. The molecule has 4 heteroatoms. The van der Waals surface area contributed by atoms with E-state index >= 15 is 0 Å². The second-order valence-corrected chi connectivity index (χ2v) is 4.96. The van der Waals surface area contributed by atoms with Gasteiger partial charge < -0.3 is 15.1 Å². The number of benzene rings is 1. The molecule has 0 bridgehead atoms. The fourth-order valence-electron chi connectivity index (χ4n) is 1.63. The minimum atomic E-state index is -0.620. The molecule has 3 N–H and O–H groups in total. The van der Waals surface area contributed by atoms with Crippen LogP contribution in [0.3, 0.4) is 0 Å². The summed E-state index contributed by atoms with van der Waals surface area (Å²) in [5.74, 6) is 0. The second kappa shape index (κ2) is 6.25. The number of hydrogen-bond donors (Lipinski definition) is 3. The first kappa shape index (κ1) is 13.5. The third-order valence-electron chi connectivity index (χ3n) is 2.78. The highest BCUT2D eigenvalue weighted by Gasteiger charge is 2.25. The molecule has 0 unspecified atom stereocenters. The highest BCUT2D eigenvalue weighted by molar-refractivity contribution is 7.98. The van der Waals surface area contributed by atoms with Gasteiger partial charge >= 0.3 is 0 Å². The lowest BCUT2D eigenvalue weighted by Crippen LogP contribution is -3.11. The predicted octanol–water partition coefficient (Wildman–Crippen LogP) is -0.0527. The summed E-state index contributed by atoms with van der Waals surface area (Å²) in [4.78, 5) is 2.22. The maximum Gasteiger partial charge on any atom is 0.141 e. The van der Waals surface area contributed by atoms with Gasteiger partial charge in [0.25, 0.3) is 0 Å². The molecule has 90 valence electrons. The number of quaternary nitrogens is 1. The van der Waals surface area contributed by atoms with E-state index in [4.69, 9.17) is 0 Å². The molecule has 0 fully saturated rings. The Hall–Kier alpha value is -0.550. The fraction of sp³-hybridized carbons (Fsp3) is 0.500. The van der Waals surface area contributed by atoms with Gasteiger partial charge in [0.1, 0.15) is 12.1 Å². The molecule has 0 amide bonds. The average Bonchev–Trinajstić information content (AvgIpc) is 2.29. The highest BCUT2D eigenvalue weighted by atomic mass is 32.2. The van der Waals surface area contributed by atoms with E-state index in [9.17, 15) is 10.2 Å². The van der Waals surface area contributed by atoms with Crippen molar-refractivity contribution >= 4 is 11.8 Å². The molecule has 1 aromatic carbocycles. The number of aliphatic hydroxyl groups is 2. The number of rotatable bonds is 5. The first-order valence-corrected chi connectivity index (χ1v) is 6.55. The molecule has 0 aliphatic carbocycles. The van der Waals surface area contributed by atoms with Gasteiger partial charge in [-0.2, -0.15) is 0 Å². The standard InChI is InChI=1S/C12H19NO2S/c1-13(2)11(8-14)12(15)9-4-6-10(16-3)7-5-9/h4-7,11-12,14-15H,8H2,1-3H3/p+1/t11-,12-/m1/s1. The van der Waals surface area contributed by atoms with Gasteiger partial charge in [-0.3, -0.25) is 0 Å². The molecule has 1 aromatic rings. The summed E-state index contributed by atoms with van der Waals surface area (Å²) in [6.07, 6.45) is 1.40. The Morgan fingerprint density at radius 2 is 1.81 bits per heavy atom. The van der Waals surface area contributed by atoms with Crippen LogP contribution in [0.1, 0.15) is 11.7 Å². The SMILES string of the molecule is CSc1ccc([C@@H](O)[C@@H](CO)[NH+](C)C)cc1. The Labute approximate surface area is 101 Å². The molecule has 0 aromatic heterocycles. The zero-order chi connectivity index (χ0) is 12.1. The van der Waals surface area contributed by atoms with E-state index in [-0.39, 0.29) is 12.6 Å². The van der Waals surface area contributed by atoms with Crippen molar-refractivity contribution in [3.8, 4) is 0 Å². The van der Waals surface area contributed by atoms with Crippen LogP contribution in [-0.2, 0) is 0 Å². The van der Waals surface area contributed by atoms with Crippen LogP contribution in [-0.4, -0.2) is 43.2 Å². The number of hydrogen-bond acceptors (Lipinski definition) is 3. The molecule has 1 rings (SSSR count). The quantitative estimate of drug-likeness (QED) is 0.634. The van der Waals surface area contributed by atoms with Crippen molar-refractivity contribution in [3.63, 3.8) is 0 Å². The Kier molecular flexibility index (Phi) is 5.28. The summed E-state index contributed by atoms with van der Waals surface area (Å²) < 4.78 is 0. The molecule has 0 spiro atoms. The highest BCUT2D eigenvalue weighted by Crippen LogP contribution is 2.20. The average molecular weight is 242 g/mol. The molecule has 0 radical (unpaired) electrons. The second-order valence-electron chi connectivity index (χ2n) is 4.08. The smallest absolute Gasteiger partial charge is 0.141 e. The third-order valence-corrected chi connectivity index (χ3v) is 3.52. The van der Waals surface area contributed by atoms with Gasteiger partial charge in [-0.25, -0.2) is 0 Å². The number of thioether (sulfide) groups is 1. The van der Waals surface area contributed by atoms with Crippen molar-refractivity contribution in [1.82, 2.24) is 0 Å². The lowest BCUT2D eigenvalue weighted by atomic mass is 10.0. The van der Waals surface area contributed by atoms with E-state index in [1.807, 2.05) is 44.6 Å². The van der Waals surface area contributed by atoms with Crippen molar-refractivity contribution in [1.29, 1.82) is 0 Å². The molecule has 0 saturated carbocycles. The van der Waals surface area contributed by atoms with E-state index in [1.165, 1.54) is 4.90 Å². The van der Waals surface area contributed by atoms with E-state index < -0.39 is 6.10 Å². The van der Waals surface area contributed by atoms with Gasteiger partial charge in [0.15, 0.2) is 0 Å². The molecule has 16 heavy (non-hydrogen) atoms. The molecular weight excluding hydrogens is 222 g/mol. The Balaban J connectivity index is 2.82. The van der Waals surface area contributed by atoms with E-state index in [1.54, 1.807) is 11.8 Å². The first-order valence-electron chi connectivity index (χ1n) is 5.33. The molecule has 0 heterocycles. The van der Waals surface area contributed by atoms with Gasteiger partial charge in [0.2, 0.25) is 0 Å². The summed E-state index contributed by atoms with van der Waals surface area (Å²) in [5, 5.41) is 19.4. The van der Waals surface area contributed by atoms with E-state index in [2.05, 4.69) is 0 Å². The van der Waals surface area contributed by atoms with Crippen LogP contribution >= 0.6 is 11.8 Å². The lowest BCUT2D eigenvalue weighted by molar-refractivity contribution is -0.891. The molecule has 0 aliphatic rings. The van der Waals surface area contributed by atoms with Gasteiger partial charge in [-0.1, -0.05) is 12.1 Å². The number of likely N-dealkylation sites (N-methyl/N-ethyl adjacent to an activating group) is 1. The topological polar surface area (TPSA) is 44.9 Å². The summed E-state index contributed by atoms with van der Waals surface area (Å²) in [7, 11) is 3.86. The van der Waals surface area contributed by atoms with Crippen LogP contribution in [0.15, 0.2) is 29.2 Å². The zero-order valence-electron chi connectivity index (χ0n) is 9.97. The normalized spacial score (nSPS) is 15.1. The van der Waals surface area contributed by atoms with Crippen LogP contribution in [0.5, 0.6) is 0 Å². The maximum absolute atomic E-state index is 10.1. The number of aliphatic hydroxyl groups excluding tert-OH is 2. The van der Waals surface area contributed by atoms with Crippen LogP contribution in [0.4, 0.5) is 0 Å². The molecule has 0 saturated heterocycles.